The molecule has 0 aliphatic carbocycles. The highest BCUT2D eigenvalue weighted by atomic mass is 127. The van der Waals surface area contributed by atoms with Crippen molar-refractivity contribution in [2.45, 2.75) is 39.2 Å². The monoisotopic (exact) mass is 391 g/mol. The molecule has 2 aromatic rings. The van der Waals surface area contributed by atoms with Crippen molar-refractivity contribution in [2.75, 3.05) is 6.54 Å². The lowest BCUT2D eigenvalue weighted by Crippen LogP contribution is -2.36. The van der Waals surface area contributed by atoms with E-state index in [9.17, 15) is 0 Å². The Morgan fingerprint density at radius 3 is 2.79 bits per heavy atom. The average Bonchev–Trinajstić information content (AvgIpc) is 2.92. The summed E-state index contributed by atoms with van der Waals surface area (Å²) >= 11 is 3.97. The number of nitrogens with one attached hydrogen (secondary N) is 1. The molecule has 0 amide bonds. The van der Waals surface area contributed by atoms with Gasteiger partial charge in [0.25, 0.3) is 0 Å². The third-order valence-corrected chi connectivity index (χ3v) is 4.29. The van der Waals surface area contributed by atoms with Gasteiger partial charge in [-0.05, 0) is 62.4 Å². The van der Waals surface area contributed by atoms with Gasteiger partial charge >= 0.3 is 0 Å². The molecule has 0 spiro atoms. The predicted octanol–water partition coefficient (Wildman–Crippen LogP) is 3.72. The zero-order valence-electron chi connectivity index (χ0n) is 11.4. The minimum atomic E-state index is 0.160. The molecule has 0 aliphatic rings. The lowest BCUT2D eigenvalue weighted by molar-refractivity contribution is 0.413. The lowest BCUT2D eigenvalue weighted by atomic mass is 10.1. The molecule has 19 heavy (non-hydrogen) atoms. The van der Waals surface area contributed by atoms with Crippen LogP contribution in [0.4, 0.5) is 0 Å². The quantitative estimate of drug-likeness (QED) is 0.624. The Hall–Kier alpha value is -0.470. The van der Waals surface area contributed by atoms with Crippen molar-refractivity contribution in [2.24, 2.45) is 0 Å². The summed E-state index contributed by atoms with van der Waals surface area (Å²) in [6, 6.07) is 2.06. The first kappa shape index (κ1) is 14.9. The molecule has 0 bridgehead atoms. The molecule has 4 nitrogen and oxygen atoms in total. The first-order chi connectivity index (χ1) is 8.94. The van der Waals surface area contributed by atoms with E-state index < -0.39 is 0 Å². The fourth-order valence-corrected chi connectivity index (χ4v) is 2.92. The number of hydrogen-bond donors (Lipinski definition) is 1. The first-order valence-electron chi connectivity index (χ1n) is 6.26. The van der Waals surface area contributed by atoms with E-state index in [4.69, 9.17) is 4.42 Å². The SMILES string of the molecule is CC(C)(C)NCCCc1nnc(-c2csc(I)c2)o1. The van der Waals surface area contributed by atoms with Crippen molar-refractivity contribution in [3.8, 4) is 11.5 Å². The summed E-state index contributed by atoms with van der Waals surface area (Å²) in [5.41, 5.74) is 1.17. The van der Waals surface area contributed by atoms with Gasteiger partial charge in [-0.25, -0.2) is 0 Å². The van der Waals surface area contributed by atoms with E-state index >= 15 is 0 Å². The number of thiophene rings is 1. The van der Waals surface area contributed by atoms with E-state index in [2.05, 4.69) is 64.9 Å². The molecular formula is C13H18IN3OS. The van der Waals surface area contributed by atoms with Crippen molar-refractivity contribution >= 4 is 33.9 Å². The second kappa shape index (κ2) is 6.32. The van der Waals surface area contributed by atoms with Crippen LogP contribution >= 0.6 is 33.9 Å². The van der Waals surface area contributed by atoms with Crippen LogP contribution in [0.15, 0.2) is 15.9 Å². The summed E-state index contributed by atoms with van der Waals surface area (Å²) in [6.45, 7) is 7.44. The normalized spacial score (nSPS) is 12.0. The van der Waals surface area contributed by atoms with Crippen LogP contribution in [0.25, 0.3) is 11.5 Å². The molecule has 0 radical (unpaired) electrons. The zero-order valence-corrected chi connectivity index (χ0v) is 14.3. The summed E-state index contributed by atoms with van der Waals surface area (Å²) in [5.74, 6) is 1.34. The van der Waals surface area contributed by atoms with Gasteiger partial charge in [0, 0.05) is 17.3 Å². The van der Waals surface area contributed by atoms with Crippen LogP contribution in [0, 0.1) is 2.88 Å². The molecule has 2 aromatic heterocycles. The number of hydrogen-bond acceptors (Lipinski definition) is 5. The molecule has 104 valence electrons. The highest BCUT2D eigenvalue weighted by Crippen LogP contribution is 2.25. The van der Waals surface area contributed by atoms with Gasteiger partial charge in [0.15, 0.2) is 0 Å². The summed E-state index contributed by atoms with van der Waals surface area (Å²) < 4.78 is 6.89. The largest absolute Gasteiger partial charge is 0.421 e. The van der Waals surface area contributed by atoms with Gasteiger partial charge in [0.2, 0.25) is 11.8 Å². The van der Waals surface area contributed by atoms with Crippen LogP contribution < -0.4 is 5.32 Å². The van der Waals surface area contributed by atoms with Gasteiger partial charge in [0.05, 0.1) is 8.45 Å². The minimum Gasteiger partial charge on any atom is -0.421 e. The Bertz CT molecular complexity index is 530. The van der Waals surface area contributed by atoms with Crippen LogP contribution in [-0.2, 0) is 6.42 Å². The zero-order chi connectivity index (χ0) is 13.9. The van der Waals surface area contributed by atoms with Gasteiger partial charge in [-0.2, -0.15) is 0 Å². The number of aromatic nitrogens is 2. The van der Waals surface area contributed by atoms with Crippen LogP contribution in [0.5, 0.6) is 0 Å². The van der Waals surface area contributed by atoms with Gasteiger partial charge in [-0.1, -0.05) is 0 Å². The van der Waals surface area contributed by atoms with E-state index in [0.29, 0.717) is 11.8 Å². The highest BCUT2D eigenvalue weighted by molar-refractivity contribution is 14.1. The Kier molecular flexibility index (Phi) is 4.97. The number of rotatable bonds is 5. The topological polar surface area (TPSA) is 51.0 Å². The van der Waals surface area contributed by atoms with Crippen LogP contribution in [0.1, 0.15) is 33.1 Å². The minimum absolute atomic E-state index is 0.160. The van der Waals surface area contributed by atoms with E-state index in [0.717, 1.165) is 24.9 Å². The maximum atomic E-state index is 5.67. The second-order valence-electron chi connectivity index (χ2n) is 5.42. The molecule has 1 N–H and O–H groups in total. The molecular weight excluding hydrogens is 373 g/mol. The molecule has 0 saturated heterocycles. The van der Waals surface area contributed by atoms with E-state index in [1.807, 2.05) is 5.38 Å². The number of nitrogens with zero attached hydrogens (tertiary/aromatic N) is 2. The third kappa shape index (κ3) is 4.85. The standard InChI is InChI=1S/C13H18IN3OS/c1-13(2,3)15-6-4-5-11-16-17-12(18-11)9-7-10(14)19-8-9/h7-8,15H,4-6H2,1-3H3. The van der Waals surface area contributed by atoms with Gasteiger partial charge in [-0.15, -0.1) is 21.5 Å². The second-order valence-corrected chi connectivity index (χ2v) is 8.23. The van der Waals surface area contributed by atoms with Crippen molar-refractivity contribution in [1.29, 1.82) is 0 Å². The molecule has 0 aliphatic heterocycles. The Labute approximate surface area is 131 Å². The molecule has 2 rings (SSSR count). The van der Waals surface area contributed by atoms with Gasteiger partial charge in [0.1, 0.15) is 0 Å². The van der Waals surface area contributed by atoms with Crippen LogP contribution in [0.2, 0.25) is 0 Å². The molecule has 0 unspecified atom stereocenters. The highest BCUT2D eigenvalue weighted by Gasteiger charge is 2.11. The van der Waals surface area contributed by atoms with E-state index in [1.54, 1.807) is 11.3 Å². The fourth-order valence-electron chi connectivity index (χ4n) is 1.60. The van der Waals surface area contributed by atoms with Crippen LogP contribution in [-0.4, -0.2) is 22.3 Å². The van der Waals surface area contributed by atoms with Gasteiger partial charge in [-0.3, -0.25) is 0 Å². The fraction of sp³-hybridized carbons (Fsp3) is 0.538. The smallest absolute Gasteiger partial charge is 0.248 e. The molecule has 2 heterocycles. The maximum Gasteiger partial charge on any atom is 0.248 e. The van der Waals surface area contributed by atoms with Crippen molar-refractivity contribution in [1.82, 2.24) is 15.5 Å². The Balaban J connectivity index is 1.85. The molecule has 0 saturated carbocycles. The predicted molar refractivity (Wildman–Crippen MR) is 86.4 cm³/mol. The molecule has 0 fully saturated rings. The molecule has 0 atom stereocenters. The Morgan fingerprint density at radius 1 is 1.37 bits per heavy atom. The first-order valence-corrected chi connectivity index (χ1v) is 8.22. The van der Waals surface area contributed by atoms with E-state index in [1.165, 1.54) is 2.88 Å². The third-order valence-electron chi connectivity index (χ3n) is 2.50. The number of halogens is 1. The van der Waals surface area contributed by atoms with Crippen LogP contribution in [0.3, 0.4) is 0 Å². The summed E-state index contributed by atoms with van der Waals surface area (Å²) in [7, 11) is 0. The van der Waals surface area contributed by atoms with E-state index in [-0.39, 0.29) is 5.54 Å². The molecule has 6 heteroatoms. The van der Waals surface area contributed by atoms with Crippen molar-refractivity contribution < 1.29 is 4.42 Å². The summed E-state index contributed by atoms with van der Waals surface area (Å²) in [4.78, 5) is 0. The summed E-state index contributed by atoms with van der Waals surface area (Å²) in [5, 5.41) is 13.7. The van der Waals surface area contributed by atoms with Gasteiger partial charge < -0.3 is 9.73 Å². The maximum absolute atomic E-state index is 5.67. The summed E-state index contributed by atoms with van der Waals surface area (Å²) in [6.07, 6.45) is 1.82. The lowest BCUT2D eigenvalue weighted by Gasteiger charge is -2.19. The van der Waals surface area contributed by atoms with Crippen molar-refractivity contribution in [3.05, 3.63) is 20.2 Å². The Morgan fingerprint density at radius 2 is 2.16 bits per heavy atom. The van der Waals surface area contributed by atoms with Crippen molar-refractivity contribution in [3.63, 3.8) is 0 Å². The molecule has 0 aromatic carbocycles. The number of aryl methyl sites for hydroxylation is 1. The average molecular weight is 391 g/mol.